The highest BCUT2D eigenvalue weighted by atomic mass is 35.9. The number of hydrogen-bond donors (Lipinski definition) is 0. The molecule has 5 heteroatoms. The topological polar surface area (TPSA) is 30.0 Å². The summed E-state index contributed by atoms with van der Waals surface area (Å²) >= 11 is 10.6. The molecule has 1 aromatic rings. The molecule has 0 N–H and O–H groups in total. The molecule has 1 heterocycles. The van der Waals surface area contributed by atoms with E-state index in [1.165, 1.54) is 12.3 Å². The van der Waals surface area contributed by atoms with E-state index in [9.17, 15) is 4.57 Å². The summed E-state index contributed by atoms with van der Waals surface area (Å²) in [5.74, 6) is -3.18. The minimum absolute atomic E-state index is 0.235. The summed E-state index contributed by atoms with van der Waals surface area (Å²) in [6, 6.07) is 4.91. The molecule has 0 aliphatic carbocycles. The van der Waals surface area contributed by atoms with E-state index in [1.54, 1.807) is 12.1 Å². The number of hydrogen-bond acceptors (Lipinski definition) is 2. The third-order valence-corrected chi connectivity index (χ3v) is 2.75. The van der Waals surface area contributed by atoms with Gasteiger partial charge in [0.15, 0.2) is 0 Å². The maximum atomic E-state index is 10.9. The van der Waals surface area contributed by atoms with Crippen molar-refractivity contribution in [3.63, 3.8) is 0 Å². The summed E-state index contributed by atoms with van der Waals surface area (Å²) in [4.78, 5) is 3.72. The van der Waals surface area contributed by atoms with E-state index in [1.807, 2.05) is 0 Å². The largest absolute Gasteiger partial charge is 0.299 e. The van der Waals surface area contributed by atoms with Crippen molar-refractivity contribution < 1.29 is 4.57 Å². The van der Waals surface area contributed by atoms with Crippen LogP contribution in [0, 0.1) is 0 Å². The average Bonchev–Trinajstić information content (AvgIpc) is 1.88. The minimum Gasteiger partial charge on any atom is -0.282 e. The Morgan fingerprint density at radius 3 is 2.40 bits per heavy atom. The Balaban J connectivity index is 3.09. The Hall–Kier alpha value is -0.0400. The van der Waals surface area contributed by atoms with Crippen LogP contribution in [0.15, 0.2) is 24.4 Å². The molecule has 10 heavy (non-hydrogen) atoms. The van der Waals surface area contributed by atoms with Gasteiger partial charge in [0.25, 0.3) is 5.85 Å². The number of rotatable bonds is 1. The lowest BCUT2D eigenvalue weighted by Crippen LogP contribution is -2.00. The van der Waals surface area contributed by atoms with Crippen LogP contribution < -0.4 is 5.44 Å². The number of pyridine rings is 1. The molecule has 0 bridgehead atoms. The summed E-state index contributed by atoms with van der Waals surface area (Å²) < 4.78 is 10.9. The lowest BCUT2D eigenvalue weighted by molar-refractivity contribution is 0.597. The van der Waals surface area contributed by atoms with Crippen molar-refractivity contribution in [3.05, 3.63) is 24.4 Å². The van der Waals surface area contributed by atoms with Crippen LogP contribution in [-0.2, 0) is 4.57 Å². The number of nitrogens with zero attached hydrogens (tertiary/aromatic N) is 1. The van der Waals surface area contributed by atoms with Crippen molar-refractivity contribution in [2.24, 2.45) is 0 Å². The highest BCUT2D eigenvalue weighted by Crippen LogP contribution is 2.54. The van der Waals surface area contributed by atoms with Crippen LogP contribution >= 0.6 is 28.3 Å². The monoisotopic (exact) mass is 195 g/mol. The third-order valence-electron chi connectivity index (χ3n) is 0.916. The predicted molar refractivity (Wildman–Crippen MR) is 43.2 cm³/mol. The van der Waals surface area contributed by atoms with Gasteiger partial charge in [-0.3, -0.25) is 9.55 Å². The third kappa shape index (κ3) is 1.98. The molecule has 2 nitrogen and oxygen atoms in total. The van der Waals surface area contributed by atoms with E-state index >= 15 is 0 Å². The van der Waals surface area contributed by atoms with Crippen molar-refractivity contribution in [1.82, 2.24) is 4.98 Å². The Kier molecular flexibility index (Phi) is 2.35. The first-order chi connectivity index (χ1) is 4.61. The molecule has 0 saturated carbocycles. The fraction of sp³-hybridized carbons (Fsp3) is 0. The molecule has 0 atom stereocenters. The van der Waals surface area contributed by atoms with Crippen molar-refractivity contribution in [2.75, 3.05) is 0 Å². The molecule has 54 valence electrons. The van der Waals surface area contributed by atoms with Crippen LogP contribution in [0.4, 0.5) is 0 Å². The Bertz CT molecular complexity index is 258. The van der Waals surface area contributed by atoms with E-state index in [2.05, 4.69) is 4.98 Å². The molecule has 1 rings (SSSR count). The number of halogens is 2. The van der Waals surface area contributed by atoms with Crippen LogP contribution in [0.5, 0.6) is 0 Å². The fourth-order valence-electron chi connectivity index (χ4n) is 0.508. The fourth-order valence-corrected chi connectivity index (χ4v) is 1.57. The second-order valence-corrected chi connectivity index (χ2v) is 6.41. The summed E-state index contributed by atoms with van der Waals surface area (Å²) in [5, 5.41) is 0. The molecule has 0 fully saturated rings. The zero-order valence-electron chi connectivity index (χ0n) is 4.87. The smallest absolute Gasteiger partial charge is 0.282 e. The standard InChI is InChI=1S/C5H4Cl2NOP/c6-10(7,9)5-3-1-2-4-8-5/h1-4H. The summed E-state index contributed by atoms with van der Waals surface area (Å²) in [6.07, 6.45) is 1.49. The SMILES string of the molecule is O=P(Cl)(Cl)c1ccccn1. The molecular formula is C5H4Cl2NOP. The molecule has 0 aliphatic rings. The molecule has 0 unspecified atom stereocenters. The van der Waals surface area contributed by atoms with Gasteiger partial charge in [-0.1, -0.05) is 6.07 Å². The predicted octanol–water partition coefficient (Wildman–Crippen LogP) is 2.38. The van der Waals surface area contributed by atoms with Gasteiger partial charge in [-0.05, 0) is 34.6 Å². The molecule has 0 saturated heterocycles. The van der Waals surface area contributed by atoms with Crippen LogP contribution in [0.1, 0.15) is 0 Å². The van der Waals surface area contributed by atoms with Gasteiger partial charge in [0.1, 0.15) is 5.44 Å². The zero-order valence-corrected chi connectivity index (χ0v) is 7.27. The Morgan fingerprint density at radius 1 is 1.40 bits per heavy atom. The van der Waals surface area contributed by atoms with Crippen LogP contribution in [0.2, 0.25) is 0 Å². The van der Waals surface area contributed by atoms with E-state index in [0.29, 0.717) is 0 Å². The van der Waals surface area contributed by atoms with Gasteiger partial charge in [-0.25, -0.2) is 0 Å². The highest BCUT2D eigenvalue weighted by molar-refractivity contribution is 8.13. The lowest BCUT2D eigenvalue weighted by atomic mass is 10.5. The van der Waals surface area contributed by atoms with E-state index in [0.717, 1.165) is 0 Å². The van der Waals surface area contributed by atoms with Crippen molar-refractivity contribution >= 4 is 33.8 Å². The molecular weight excluding hydrogens is 192 g/mol. The minimum atomic E-state index is -3.18. The lowest BCUT2D eigenvalue weighted by Gasteiger charge is -1.97. The van der Waals surface area contributed by atoms with Gasteiger partial charge in [0, 0.05) is 6.20 Å². The van der Waals surface area contributed by atoms with Crippen LogP contribution in [-0.4, -0.2) is 4.98 Å². The Labute approximate surface area is 68.1 Å². The molecule has 0 aliphatic heterocycles. The second-order valence-electron chi connectivity index (χ2n) is 1.65. The van der Waals surface area contributed by atoms with Crippen molar-refractivity contribution in [2.45, 2.75) is 0 Å². The van der Waals surface area contributed by atoms with Crippen LogP contribution in [0.3, 0.4) is 0 Å². The molecule has 1 aromatic heterocycles. The highest BCUT2D eigenvalue weighted by Gasteiger charge is 2.17. The molecule has 0 amide bonds. The quantitative estimate of drug-likeness (QED) is 0.645. The van der Waals surface area contributed by atoms with E-state index in [-0.39, 0.29) is 5.44 Å². The normalized spacial score (nSPS) is 11.4. The first-order valence-corrected chi connectivity index (χ1v) is 6.03. The zero-order chi connectivity index (χ0) is 7.61. The van der Waals surface area contributed by atoms with Gasteiger partial charge in [-0.15, -0.1) is 0 Å². The molecule has 0 radical (unpaired) electrons. The Morgan fingerprint density at radius 2 is 2.10 bits per heavy atom. The van der Waals surface area contributed by atoms with Gasteiger partial charge in [0.05, 0.1) is 0 Å². The van der Waals surface area contributed by atoms with Gasteiger partial charge in [-0.2, -0.15) is 0 Å². The average molecular weight is 196 g/mol. The summed E-state index contributed by atoms with van der Waals surface area (Å²) in [5.41, 5.74) is 0.235. The molecule has 0 spiro atoms. The van der Waals surface area contributed by atoms with Gasteiger partial charge < -0.3 is 0 Å². The van der Waals surface area contributed by atoms with Crippen molar-refractivity contribution in [1.29, 1.82) is 0 Å². The van der Waals surface area contributed by atoms with E-state index < -0.39 is 5.85 Å². The number of aromatic nitrogens is 1. The van der Waals surface area contributed by atoms with Crippen LogP contribution in [0.25, 0.3) is 0 Å². The second kappa shape index (κ2) is 2.91. The summed E-state index contributed by atoms with van der Waals surface area (Å²) in [7, 11) is 0. The maximum absolute atomic E-state index is 10.9. The van der Waals surface area contributed by atoms with E-state index in [4.69, 9.17) is 22.5 Å². The summed E-state index contributed by atoms with van der Waals surface area (Å²) in [6.45, 7) is 0. The first-order valence-electron chi connectivity index (χ1n) is 2.51. The maximum Gasteiger partial charge on any atom is 0.299 e. The van der Waals surface area contributed by atoms with Gasteiger partial charge in [0.2, 0.25) is 0 Å². The first kappa shape index (κ1) is 8.06. The van der Waals surface area contributed by atoms with Crippen molar-refractivity contribution in [3.8, 4) is 0 Å². The molecule has 0 aromatic carbocycles. The van der Waals surface area contributed by atoms with Gasteiger partial charge >= 0.3 is 0 Å².